The Kier molecular flexibility index (Phi) is 3.78. The molecule has 4 nitrogen and oxygen atoms in total. The summed E-state index contributed by atoms with van der Waals surface area (Å²) in [7, 11) is 0. The smallest absolute Gasteiger partial charge is 0.196 e. The van der Waals surface area contributed by atoms with Crippen molar-refractivity contribution in [3.8, 4) is 0 Å². The second-order valence-corrected chi connectivity index (χ2v) is 5.06. The summed E-state index contributed by atoms with van der Waals surface area (Å²) in [6.45, 7) is 5.96. The first-order valence-corrected chi connectivity index (χ1v) is 6.38. The summed E-state index contributed by atoms with van der Waals surface area (Å²) in [5.41, 5.74) is 6.69. The van der Waals surface area contributed by atoms with Crippen LogP contribution in [0.5, 0.6) is 0 Å². The maximum absolute atomic E-state index is 6.03. The highest BCUT2D eigenvalue weighted by Gasteiger charge is 2.39. The minimum atomic E-state index is -0.245. The van der Waals surface area contributed by atoms with Gasteiger partial charge >= 0.3 is 0 Å². The molecule has 0 spiro atoms. The average Bonchev–Trinajstić information content (AvgIpc) is 2.63. The van der Waals surface area contributed by atoms with E-state index in [-0.39, 0.29) is 5.54 Å². The number of anilines is 1. The van der Waals surface area contributed by atoms with E-state index in [9.17, 15) is 0 Å². The fourth-order valence-electron chi connectivity index (χ4n) is 2.16. The van der Waals surface area contributed by atoms with E-state index in [4.69, 9.17) is 22.1 Å². The van der Waals surface area contributed by atoms with Gasteiger partial charge < -0.3 is 15.4 Å². The topological polar surface area (TPSA) is 50.9 Å². The Balaban J connectivity index is 2.30. The van der Waals surface area contributed by atoms with Gasteiger partial charge in [0.15, 0.2) is 5.96 Å². The highest BCUT2D eigenvalue weighted by atomic mass is 35.5. The molecule has 1 aromatic rings. The molecule has 0 amide bonds. The molecule has 0 bridgehead atoms. The lowest BCUT2D eigenvalue weighted by Crippen LogP contribution is -2.53. The summed E-state index contributed by atoms with van der Waals surface area (Å²) in [6, 6.07) is 7.61. The second-order valence-electron chi connectivity index (χ2n) is 4.62. The first kappa shape index (κ1) is 13.2. The molecule has 1 unspecified atom stereocenters. The average molecular weight is 268 g/mol. The monoisotopic (exact) mass is 267 g/mol. The van der Waals surface area contributed by atoms with Crippen molar-refractivity contribution < 1.29 is 4.74 Å². The van der Waals surface area contributed by atoms with E-state index in [2.05, 4.69) is 11.9 Å². The van der Waals surface area contributed by atoms with Gasteiger partial charge in [0.25, 0.3) is 0 Å². The van der Waals surface area contributed by atoms with Gasteiger partial charge in [0.1, 0.15) is 0 Å². The van der Waals surface area contributed by atoms with Gasteiger partial charge in [-0.1, -0.05) is 17.7 Å². The number of hydrogen-bond acceptors (Lipinski definition) is 4. The molecule has 0 saturated heterocycles. The van der Waals surface area contributed by atoms with Crippen LogP contribution in [0.1, 0.15) is 13.8 Å². The Morgan fingerprint density at radius 2 is 2.33 bits per heavy atom. The Labute approximate surface area is 112 Å². The van der Waals surface area contributed by atoms with Crippen molar-refractivity contribution >= 4 is 23.2 Å². The summed E-state index contributed by atoms with van der Waals surface area (Å²) in [5, 5.41) is 0.686. The van der Waals surface area contributed by atoms with Crippen LogP contribution in [0.3, 0.4) is 0 Å². The van der Waals surface area contributed by atoms with E-state index in [0.29, 0.717) is 30.7 Å². The van der Waals surface area contributed by atoms with Crippen molar-refractivity contribution in [1.29, 1.82) is 0 Å². The van der Waals surface area contributed by atoms with Gasteiger partial charge in [-0.15, -0.1) is 0 Å². The van der Waals surface area contributed by atoms with Crippen LogP contribution in [0.25, 0.3) is 0 Å². The number of rotatable bonds is 4. The first-order valence-electron chi connectivity index (χ1n) is 6.00. The Morgan fingerprint density at radius 1 is 1.56 bits per heavy atom. The number of nitrogens with zero attached hydrogens (tertiary/aromatic N) is 2. The van der Waals surface area contributed by atoms with Crippen LogP contribution in [-0.4, -0.2) is 31.3 Å². The van der Waals surface area contributed by atoms with Crippen LogP contribution in [0.4, 0.5) is 5.69 Å². The molecular weight excluding hydrogens is 250 g/mol. The fourth-order valence-corrected chi connectivity index (χ4v) is 2.35. The lowest BCUT2D eigenvalue weighted by molar-refractivity contribution is 0.108. The minimum Gasteiger partial charge on any atom is -0.379 e. The molecule has 98 valence electrons. The molecule has 1 aromatic carbocycles. The zero-order valence-corrected chi connectivity index (χ0v) is 11.4. The van der Waals surface area contributed by atoms with E-state index in [1.54, 1.807) is 0 Å². The predicted molar refractivity (Wildman–Crippen MR) is 75.3 cm³/mol. The van der Waals surface area contributed by atoms with Gasteiger partial charge in [0.2, 0.25) is 0 Å². The normalized spacial score (nSPS) is 23.3. The number of ether oxygens (including phenoxy) is 1. The molecule has 18 heavy (non-hydrogen) atoms. The second kappa shape index (κ2) is 5.16. The van der Waals surface area contributed by atoms with Crippen LogP contribution >= 0.6 is 11.6 Å². The molecule has 2 N–H and O–H groups in total. The molecule has 2 rings (SSSR count). The Morgan fingerprint density at radius 3 is 3.00 bits per heavy atom. The lowest BCUT2D eigenvalue weighted by Gasteiger charge is -2.35. The van der Waals surface area contributed by atoms with Gasteiger partial charge in [-0.25, -0.2) is 0 Å². The molecule has 1 atom stereocenters. The van der Waals surface area contributed by atoms with E-state index in [0.717, 1.165) is 5.69 Å². The van der Waals surface area contributed by atoms with E-state index < -0.39 is 0 Å². The SMILES string of the molecule is CCOCC1(C)CN=C(N)N1c1cccc(Cl)c1. The lowest BCUT2D eigenvalue weighted by atomic mass is 10.0. The molecule has 0 aliphatic carbocycles. The number of aliphatic imine (C=N–C) groups is 1. The molecule has 1 aliphatic rings. The number of nitrogens with two attached hydrogens (primary N) is 1. The number of hydrogen-bond donors (Lipinski definition) is 1. The third kappa shape index (κ3) is 2.44. The quantitative estimate of drug-likeness (QED) is 0.911. The standard InChI is InChI=1S/C13H18ClN3O/c1-3-18-9-13(2)8-16-12(15)17(13)11-6-4-5-10(14)7-11/h4-7H,3,8-9H2,1-2H3,(H2,15,16). The number of halogens is 1. The van der Waals surface area contributed by atoms with E-state index >= 15 is 0 Å². The number of guanidine groups is 1. The maximum atomic E-state index is 6.03. The molecule has 1 heterocycles. The maximum Gasteiger partial charge on any atom is 0.196 e. The summed E-state index contributed by atoms with van der Waals surface area (Å²) < 4.78 is 5.55. The van der Waals surface area contributed by atoms with Crippen molar-refractivity contribution in [1.82, 2.24) is 0 Å². The zero-order valence-electron chi connectivity index (χ0n) is 10.7. The molecular formula is C13H18ClN3O. The van der Waals surface area contributed by atoms with Gasteiger partial charge in [0, 0.05) is 17.3 Å². The zero-order chi connectivity index (χ0) is 13.2. The Bertz CT molecular complexity index is 463. The van der Waals surface area contributed by atoms with Crippen LogP contribution < -0.4 is 10.6 Å². The van der Waals surface area contributed by atoms with Crippen molar-refractivity contribution in [3.05, 3.63) is 29.3 Å². The van der Waals surface area contributed by atoms with Gasteiger partial charge in [-0.2, -0.15) is 0 Å². The predicted octanol–water partition coefficient (Wildman–Crippen LogP) is 2.27. The fraction of sp³-hybridized carbons (Fsp3) is 0.462. The van der Waals surface area contributed by atoms with Crippen molar-refractivity contribution in [2.45, 2.75) is 19.4 Å². The summed E-state index contributed by atoms with van der Waals surface area (Å²) in [5.74, 6) is 0.513. The van der Waals surface area contributed by atoms with Crippen LogP contribution in [-0.2, 0) is 4.74 Å². The summed E-state index contributed by atoms with van der Waals surface area (Å²) in [4.78, 5) is 6.32. The molecule has 0 aromatic heterocycles. The largest absolute Gasteiger partial charge is 0.379 e. The molecule has 0 saturated carbocycles. The third-order valence-corrected chi connectivity index (χ3v) is 3.27. The highest BCUT2D eigenvalue weighted by molar-refractivity contribution is 6.31. The highest BCUT2D eigenvalue weighted by Crippen LogP contribution is 2.30. The number of benzene rings is 1. The Hall–Kier alpha value is -1.26. The van der Waals surface area contributed by atoms with Gasteiger partial charge in [0.05, 0.1) is 18.7 Å². The van der Waals surface area contributed by atoms with Crippen molar-refractivity contribution in [3.63, 3.8) is 0 Å². The van der Waals surface area contributed by atoms with E-state index in [1.165, 1.54) is 0 Å². The van der Waals surface area contributed by atoms with Crippen molar-refractivity contribution in [2.75, 3.05) is 24.7 Å². The van der Waals surface area contributed by atoms with Gasteiger partial charge in [-0.05, 0) is 32.0 Å². The van der Waals surface area contributed by atoms with E-state index in [1.807, 2.05) is 36.1 Å². The summed E-state index contributed by atoms with van der Waals surface area (Å²) in [6.07, 6.45) is 0. The van der Waals surface area contributed by atoms with Crippen LogP contribution in [0.15, 0.2) is 29.3 Å². The molecule has 1 aliphatic heterocycles. The van der Waals surface area contributed by atoms with Crippen LogP contribution in [0, 0.1) is 0 Å². The first-order chi connectivity index (χ1) is 8.57. The summed E-state index contributed by atoms with van der Waals surface area (Å²) >= 11 is 6.03. The van der Waals surface area contributed by atoms with Crippen molar-refractivity contribution in [2.24, 2.45) is 10.7 Å². The molecule has 5 heteroatoms. The minimum absolute atomic E-state index is 0.245. The third-order valence-electron chi connectivity index (χ3n) is 3.03. The van der Waals surface area contributed by atoms with Gasteiger partial charge in [-0.3, -0.25) is 4.99 Å². The van der Waals surface area contributed by atoms with Crippen LogP contribution in [0.2, 0.25) is 5.02 Å². The molecule has 0 radical (unpaired) electrons. The molecule has 0 fully saturated rings.